The Kier molecular flexibility index (Phi) is 5.45. The van der Waals surface area contributed by atoms with Crippen molar-refractivity contribution in [3.05, 3.63) is 51.3 Å². The van der Waals surface area contributed by atoms with E-state index in [0.717, 1.165) is 10.1 Å². The maximum Gasteiger partial charge on any atom is 0.281 e. The van der Waals surface area contributed by atoms with Crippen molar-refractivity contribution in [2.45, 2.75) is 26.8 Å². The summed E-state index contributed by atoms with van der Waals surface area (Å²) < 4.78 is 1.04. The zero-order valence-electron chi connectivity index (χ0n) is 13.5. The Hall–Kier alpha value is -2.98. The quantitative estimate of drug-likeness (QED) is 0.823. The molecule has 0 amide bonds. The number of hydrogen-bond donors (Lipinski definition) is 2. The maximum atomic E-state index is 12.5. The van der Waals surface area contributed by atoms with Crippen molar-refractivity contribution >= 4 is 11.4 Å². The van der Waals surface area contributed by atoms with Crippen LogP contribution in [0.1, 0.15) is 23.1 Å². The summed E-state index contributed by atoms with van der Waals surface area (Å²) in [5.74, 6) is -0.414. The molecule has 2 N–H and O–H groups in total. The molecule has 0 atom stereocenters. The highest BCUT2D eigenvalue weighted by molar-refractivity contribution is 5.57. The van der Waals surface area contributed by atoms with Gasteiger partial charge in [-0.1, -0.05) is 18.2 Å². The molecule has 0 saturated heterocycles. The minimum absolute atomic E-state index is 0.00513. The molecule has 2 rings (SSSR count). The Balaban J connectivity index is 2.59. The number of benzene rings is 1. The smallest absolute Gasteiger partial charge is 0.281 e. The lowest BCUT2D eigenvalue weighted by molar-refractivity contribution is 0.274. The average molecular weight is 326 g/mol. The summed E-state index contributed by atoms with van der Waals surface area (Å²) in [5.41, 5.74) is 1.23. The molecular weight excluding hydrogens is 308 g/mol. The van der Waals surface area contributed by atoms with Crippen LogP contribution in [0.4, 0.5) is 11.4 Å². The summed E-state index contributed by atoms with van der Waals surface area (Å²) in [4.78, 5) is 12.5. The van der Waals surface area contributed by atoms with Crippen LogP contribution in [0.5, 0.6) is 5.88 Å². The van der Waals surface area contributed by atoms with Gasteiger partial charge in [-0.05, 0) is 31.9 Å². The third-order valence-corrected chi connectivity index (χ3v) is 3.68. The van der Waals surface area contributed by atoms with Gasteiger partial charge in [0.1, 0.15) is 11.6 Å². The van der Waals surface area contributed by atoms with E-state index in [0.29, 0.717) is 5.69 Å². The highest BCUT2D eigenvalue weighted by atomic mass is 16.3. The largest absolute Gasteiger partial charge is 0.493 e. The van der Waals surface area contributed by atoms with Gasteiger partial charge in [-0.2, -0.15) is 10.4 Å². The minimum Gasteiger partial charge on any atom is -0.493 e. The van der Waals surface area contributed by atoms with Crippen LogP contribution in [-0.2, 0) is 6.54 Å². The molecule has 0 saturated carbocycles. The summed E-state index contributed by atoms with van der Waals surface area (Å²) in [6.45, 7) is 3.37. The average Bonchev–Trinajstić information content (AvgIpc) is 2.56. The van der Waals surface area contributed by atoms with Crippen molar-refractivity contribution < 1.29 is 10.2 Å². The van der Waals surface area contributed by atoms with E-state index in [2.05, 4.69) is 10.2 Å². The van der Waals surface area contributed by atoms with E-state index in [1.165, 1.54) is 0 Å². The Labute approximate surface area is 139 Å². The van der Waals surface area contributed by atoms with E-state index in [-0.39, 0.29) is 36.4 Å². The fourth-order valence-corrected chi connectivity index (χ4v) is 2.27. The standard InChI is InChI=1S/C17H18N4O3/c1-11-6-3-4-7-14(11)19-20-15-12(2)13(10-18)16(23)21(17(15)24)8-5-9-22/h3-4,6-7,22-23H,5,8-9H2,1-2H3. The zero-order valence-corrected chi connectivity index (χ0v) is 13.5. The fraction of sp³-hybridized carbons (Fsp3) is 0.294. The SMILES string of the molecule is Cc1ccccc1N=Nc1c(C)c(C#N)c(O)n(CCCO)c1=O. The van der Waals surface area contributed by atoms with Crippen LogP contribution >= 0.6 is 0 Å². The second-order valence-electron chi connectivity index (χ2n) is 5.30. The zero-order chi connectivity index (χ0) is 17.7. The number of aliphatic hydroxyl groups is 1. The van der Waals surface area contributed by atoms with Crippen LogP contribution in [0.2, 0.25) is 0 Å². The number of nitrogens with zero attached hydrogens (tertiary/aromatic N) is 4. The molecule has 1 aromatic heterocycles. The van der Waals surface area contributed by atoms with Crippen molar-refractivity contribution in [2.24, 2.45) is 10.2 Å². The number of nitriles is 1. The second-order valence-corrected chi connectivity index (χ2v) is 5.30. The van der Waals surface area contributed by atoms with Gasteiger partial charge in [-0.3, -0.25) is 9.36 Å². The third-order valence-electron chi connectivity index (χ3n) is 3.68. The van der Waals surface area contributed by atoms with Crippen LogP contribution in [0.25, 0.3) is 0 Å². The molecule has 0 radical (unpaired) electrons. The molecule has 7 heteroatoms. The van der Waals surface area contributed by atoms with Crippen molar-refractivity contribution in [1.29, 1.82) is 5.26 Å². The number of aryl methyl sites for hydroxylation is 1. The van der Waals surface area contributed by atoms with Crippen LogP contribution < -0.4 is 5.56 Å². The minimum atomic E-state index is -0.546. The van der Waals surface area contributed by atoms with Crippen LogP contribution in [-0.4, -0.2) is 21.4 Å². The number of rotatable bonds is 5. The first kappa shape index (κ1) is 17.4. The summed E-state index contributed by atoms with van der Waals surface area (Å²) in [6, 6.07) is 9.21. The van der Waals surface area contributed by atoms with Gasteiger partial charge in [-0.15, -0.1) is 5.11 Å². The third kappa shape index (κ3) is 3.34. The Morgan fingerprint density at radius 3 is 2.58 bits per heavy atom. The lowest BCUT2D eigenvalue weighted by atomic mass is 10.1. The second kappa shape index (κ2) is 7.53. The van der Waals surface area contributed by atoms with E-state index >= 15 is 0 Å². The van der Waals surface area contributed by atoms with E-state index in [1.807, 2.05) is 31.2 Å². The van der Waals surface area contributed by atoms with Gasteiger partial charge in [0.15, 0.2) is 5.69 Å². The summed E-state index contributed by atoms with van der Waals surface area (Å²) in [7, 11) is 0. The molecule has 1 aromatic carbocycles. The van der Waals surface area contributed by atoms with Crippen LogP contribution in [0.15, 0.2) is 39.3 Å². The topological polar surface area (TPSA) is 111 Å². The molecule has 0 spiro atoms. The van der Waals surface area contributed by atoms with Crippen molar-refractivity contribution in [1.82, 2.24) is 4.57 Å². The summed E-state index contributed by atoms with van der Waals surface area (Å²) in [5, 5.41) is 36.4. The van der Waals surface area contributed by atoms with Gasteiger partial charge in [0.2, 0.25) is 5.88 Å². The Morgan fingerprint density at radius 2 is 1.96 bits per heavy atom. The number of aromatic nitrogens is 1. The number of aliphatic hydroxyl groups excluding tert-OH is 1. The summed E-state index contributed by atoms with van der Waals surface area (Å²) >= 11 is 0. The molecule has 7 nitrogen and oxygen atoms in total. The van der Waals surface area contributed by atoms with Gasteiger partial charge >= 0.3 is 0 Å². The Bertz CT molecular complexity index is 879. The predicted octanol–water partition coefficient (Wildman–Crippen LogP) is 2.84. The van der Waals surface area contributed by atoms with E-state index in [1.54, 1.807) is 13.0 Å². The van der Waals surface area contributed by atoms with E-state index in [4.69, 9.17) is 5.11 Å². The van der Waals surface area contributed by atoms with Crippen LogP contribution in [0.3, 0.4) is 0 Å². The predicted molar refractivity (Wildman–Crippen MR) is 88.9 cm³/mol. The van der Waals surface area contributed by atoms with Gasteiger partial charge < -0.3 is 10.2 Å². The van der Waals surface area contributed by atoms with Gasteiger partial charge in [-0.25, -0.2) is 0 Å². The van der Waals surface area contributed by atoms with Gasteiger partial charge in [0, 0.05) is 18.7 Å². The maximum absolute atomic E-state index is 12.5. The number of hydrogen-bond acceptors (Lipinski definition) is 6. The first-order valence-corrected chi connectivity index (χ1v) is 7.46. The molecule has 2 aromatic rings. The molecule has 24 heavy (non-hydrogen) atoms. The number of azo groups is 1. The first-order valence-electron chi connectivity index (χ1n) is 7.46. The lowest BCUT2D eigenvalue weighted by Crippen LogP contribution is -2.22. The van der Waals surface area contributed by atoms with E-state index in [9.17, 15) is 15.2 Å². The van der Waals surface area contributed by atoms with Gasteiger partial charge in [0.05, 0.1) is 5.69 Å². The molecule has 1 heterocycles. The number of pyridine rings is 1. The van der Waals surface area contributed by atoms with Crippen molar-refractivity contribution in [2.75, 3.05) is 6.61 Å². The molecule has 124 valence electrons. The molecule has 0 aliphatic carbocycles. The first-order chi connectivity index (χ1) is 11.5. The highest BCUT2D eigenvalue weighted by Gasteiger charge is 2.18. The monoisotopic (exact) mass is 326 g/mol. The van der Waals surface area contributed by atoms with Crippen LogP contribution in [0, 0.1) is 25.2 Å². The van der Waals surface area contributed by atoms with Crippen molar-refractivity contribution in [3.63, 3.8) is 0 Å². The molecule has 0 unspecified atom stereocenters. The Morgan fingerprint density at radius 1 is 1.25 bits per heavy atom. The van der Waals surface area contributed by atoms with E-state index < -0.39 is 11.4 Å². The molecular formula is C17H18N4O3. The fourth-order valence-electron chi connectivity index (χ4n) is 2.27. The molecule has 0 aliphatic heterocycles. The molecule has 0 aliphatic rings. The highest BCUT2D eigenvalue weighted by Crippen LogP contribution is 2.27. The van der Waals surface area contributed by atoms with Gasteiger partial charge in [0.25, 0.3) is 5.56 Å². The summed E-state index contributed by atoms with van der Waals surface area (Å²) in [6.07, 6.45) is 0.274. The molecule has 0 fully saturated rings. The normalized spacial score (nSPS) is 10.9. The molecule has 0 bridgehead atoms. The van der Waals surface area contributed by atoms with Crippen molar-refractivity contribution in [3.8, 4) is 11.9 Å². The lowest BCUT2D eigenvalue weighted by Gasteiger charge is -2.12. The number of aromatic hydroxyl groups is 1.